The number of nitrogens with zero attached hydrogens (tertiary/aromatic N) is 3. The highest BCUT2D eigenvalue weighted by Crippen LogP contribution is 2.40. The lowest BCUT2D eigenvalue weighted by molar-refractivity contribution is -0.385. The zero-order valence-corrected chi connectivity index (χ0v) is 26.1. The lowest BCUT2D eigenvalue weighted by Crippen LogP contribution is -2.43. The normalized spacial score (nSPS) is 11.2. The summed E-state index contributed by atoms with van der Waals surface area (Å²) in [5.41, 5.74) is 0.426. The molecule has 0 radical (unpaired) electrons. The second kappa shape index (κ2) is 13.7. The molecule has 1 N–H and O–H groups in total. The van der Waals surface area contributed by atoms with Crippen molar-refractivity contribution in [2.75, 3.05) is 20.0 Å². The van der Waals surface area contributed by atoms with Crippen LogP contribution in [0.4, 0.5) is 5.69 Å². The second-order valence-corrected chi connectivity index (χ2v) is 11.4. The van der Waals surface area contributed by atoms with Gasteiger partial charge in [-0.25, -0.2) is 9.48 Å². The molecule has 1 aromatic heterocycles. The van der Waals surface area contributed by atoms with E-state index in [2.05, 4.69) is 0 Å². The molecule has 11 nitrogen and oxygen atoms in total. The third-order valence-electron chi connectivity index (χ3n) is 7.48. The number of benzene rings is 4. The lowest BCUT2D eigenvalue weighted by atomic mass is 9.80. The van der Waals surface area contributed by atoms with Crippen molar-refractivity contribution in [3.05, 3.63) is 152 Å². The molecule has 0 bridgehead atoms. The number of aromatic nitrogens is 2. The van der Waals surface area contributed by atoms with Gasteiger partial charge in [0.2, 0.25) is 5.60 Å². The molecule has 0 aliphatic heterocycles. The van der Waals surface area contributed by atoms with Gasteiger partial charge < -0.3 is 19.4 Å². The summed E-state index contributed by atoms with van der Waals surface area (Å²) in [6, 6.07) is 28.6. The van der Waals surface area contributed by atoms with Crippen molar-refractivity contribution in [3.63, 3.8) is 0 Å². The van der Waals surface area contributed by atoms with Gasteiger partial charge in [-0.05, 0) is 43.3 Å². The van der Waals surface area contributed by atoms with E-state index < -0.39 is 27.7 Å². The predicted molar refractivity (Wildman–Crippen MR) is 173 cm³/mol. The minimum absolute atomic E-state index is 0.187. The van der Waals surface area contributed by atoms with Gasteiger partial charge in [-0.3, -0.25) is 14.9 Å². The Labute approximate surface area is 268 Å². The maximum absolute atomic E-state index is 13.4. The van der Waals surface area contributed by atoms with E-state index in [4.69, 9.17) is 14.3 Å². The molecule has 0 atom stereocenters. The third kappa shape index (κ3) is 6.33. The lowest BCUT2D eigenvalue weighted by Gasteiger charge is -2.36. The van der Waals surface area contributed by atoms with Crippen molar-refractivity contribution in [2.24, 2.45) is 0 Å². The van der Waals surface area contributed by atoms with Crippen LogP contribution in [0, 0.1) is 17.0 Å². The second-order valence-electron chi connectivity index (χ2n) is 10.2. The molecule has 5 rings (SSSR count). The molecule has 46 heavy (non-hydrogen) atoms. The fourth-order valence-electron chi connectivity index (χ4n) is 5.17. The summed E-state index contributed by atoms with van der Waals surface area (Å²) in [4.78, 5) is 44.5. The number of carbonyl (C=O) groups is 1. The molecule has 0 spiro atoms. The molecule has 0 aliphatic carbocycles. The zero-order chi connectivity index (χ0) is 32.8. The SMILES string of the molecule is COc1ccc(C(On2cc(C)c(=O)n2CCSc2ccc([N+](=O)[O-])c(C(=O)O)c2)(c2ccccc2)c2ccc(OC)cc2)cc1. The summed E-state index contributed by atoms with van der Waals surface area (Å²) in [6.45, 7) is 1.89. The minimum atomic E-state index is -1.39. The van der Waals surface area contributed by atoms with Gasteiger partial charge in [0.1, 0.15) is 17.1 Å². The van der Waals surface area contributed by atoms with Gasteiger partial charge in [-0.15, -0.1) is 16.6 Å². The number of aryl methyl sites for hydroxylation is 1. The topological polar surface area (TPSA) is 135 Å². The standard InChI is InChI=1S/C34H31N3O8S/c1-23-22-36(35(32(23)38)19-20-46-29-17-18-31(37(41)42)30(21-29)33(39)40)45-34(24-7-5-4-6-8-24,25-9-13-27(43-2)14-10-25)26-11-15-28(44-3)16-12-26/h4-18,21-22H,19-20H2,1-3H3,(H,39,40). The molecule has 4 aromatic carbocycles. The smallest absolute Gasteiger partial charge is 0.342 e. The summed E-state index contributed by atoms with van der Waals surface area (Å²) in [6.07, 6.45) is 1.63. The van der Waals surface area contributed by atoms with Gasteiger partial charge in [-0.2, -0.15) is 0 Å². The number of hydrogen-bond donors (Lipinski definition) is 1. The van der Waals surface area contributed by atoms with Crippen molar-refractivity contribution >= 4 is 23.4 Å². The van der Waals surface area contributed by atoms with E-state index in [1.165, 1.54) is 39.5 Å². The number of nitro groups is 1. The fourth-order valence-corrected chi connectivity index (χ4v) is 6.03. The number of thioether (sulfide) groups is 1. The van der Waals surface area contributed by atoms with Crippen molar-refractivity contribution < 1.29 is 29.1 Å². The van der Waals surface area contributed by atoms with Crippen molar-refractivity contribution in [1.29, 1.82) is 0 Å². The van der Waals surface area contributed by atoms with Crippen LogP contribution >= 0.6 is 11.8 Å². The Morgan fingerprint density at radius 2 is 1.46 bits per heavy atom. The molecule has 1 heterocycles. The maximum atomic E-state index is 13.4. The molecule has 236 valence electrons. The third-order valence-corrected chi connectivity index (χ3v) is 8.46. The van der Waals surface area contributed by atoms with E-state index >= 15 is 0 Å². The van der Waals surface area contributed by atoms with Crippen molar-refractivity contribution in [2.45, 2.75) is 24.0 Å². The van der Waals surface area contributed by atoms with Crippen molar-refractivity contribution in [3.8, 4) is 11.5 Å². The average molecular weight is 642 g/mol. The van der Waals surface area contributed by atoms with Crippen LogP contribution in [0.1, 0.15) is 32.6 Å². The molecular weight excluding hydrogens is 610 g/mol. The Morgan fingerprint density at radius 1 is 0.891 bits per heavy atom. The maximum Gasteiger partial charge on any atom is 0.342 e. The van der Waals surface area contributed by atoms with Crippen LogP contribution in [0.5, 0.6) is 11.5 Å². The number of carboxylic acids is 1. The molecule has 12 heteroatoms. The number of rotatable bonds is 13. The quantitative estimate of drug-likeness (QED) is 0.0733. The number of aromatic carboxylic acids is 1. The van der Waals surface area contributed by atoms with E-state index in [0.29, 0.717) is 27.7 Å². The average Bonchev–Trinajstić information content (AvgIpc) is 3.34. The van der Waals surface area contributed by atoms with E-state index in [9.17, 15) is 24.8 Å². The first-order valence-corrected chi connectivity index (χ1v) is 15.1. The summed E-state index contributed by atoms with van der Waals surface area (Å²) < 4.78 is 12.3. The number of methoxy groups -OCH3 is 2. The summed E-state index contributed by atoms with van der Waals surface area (Å²) in [5.74, 6) is 0.289. The van der Waals surface area contributed by atoms with Crippen molar-refractivity contribution in [1.82, 2.24) is 9.53 Å². The highest BCUT2D eigenvalue weighted by atomic mass is 32.2. The van der Waals surface area contributed by atoms with E-state index in [-0.39, 0.29) is 12.1 Å². The molecule has 0 amide bonds. The largest absolute Gasteiger partial charge is 0.497 e. The van der Waals surface area contributed by atoms with Crippen LogP contribution in [-0.4, -0.2) is 45.5 Å². The molecule has 0 saturated heterocycles. The van der Waals surface area contributed by atoms with Gasteiger partial charge in [0.05, 0.1) is 31.9 Å². The monoisotopic (exact) mass is 641 g/mol. The number of nitro benzene ring substituents is 1. The minimum Gasteiger partial charge on any atom is -0.497 e. The molecule has 0 aliphatic rings. The van der Waals surface area contributed by atoms with Crippen LogP contribution in [-0.2, 0) is 12.1 Å². The Bertz CT molecular complexity index is 1850. The first-order chi connectivity index (χ1) is 22.2. The van der Waals surface area contributed by atoms with Gasteiger partial charge in [0.25, 0.3) is 11.2 Å². The molecule has 0 saturated carbocycles. The van der Waals surface area contributed by atoms with Gasteiger partial charge >= 0.3 is 5.97 Å². The number of carboxylic acid groups (broad SMARTS) is 1. The van der Waals surface area contributed by atoms with Crippen LogP contribution < -0.4 is 19.9 Å². The van der Waals surface area contributed by atoms with Crippen LogP contribution in [0.15, 0.2) is 113 Å². The summed E-state index contributed by atoms with van der Waals surface area (Å²) in [5, 5.41) is 20.7. The van der Waals surface area contributed by atoms with Crippen LogP contribution in [0.25, 0.3) is 0 Å². The predicted octanol–water partition coefficient (Wildman–Crippen LogP) is 5.79. The van der Waals surface area contributed by atoms with E-state index in [1.54, 1.807) is 27.3 Å². The van der Waals surface area contributed by atoms with Gasteiger partial charge in [0.15, 0.2) is 0 Å². The molecule has 0 unspecified atom stereocenters. The first kappa shape index (κ1) is 31.9. The first-order valence-electron chi connectivity index (χ1n) is 14.2. The van der Waals surface area contributed by atoms with E-state index in [0.717, 1.165) is 16.7 Å². The number of ether oxygens (including phenoxy) is 2. The molecule has 0 fully saturated rings. The highest BCUT2D eigenvalue weighted by Gasteiger charge is 2.41. The fraction of sp³-hybridized carbons (Fsp3) is 0.176. The Balaban J connectivity index is 1.57. The highest BCUT2D eigenvalue weighted by molar-refractivity contribution is 7.99. The van der Waals surface area contributed by atoms with Crippen LogP contribution in [0.2, 0.25) is 0 Å². The zero-order valence-electron chi connectivity index (χ0n) is 25.3. The summed E-state index contributed by atoms with van der Waals surface area (Å²) in [7, 11) is 3.19. The molecule has 5 aromatic rings. The van der Waals surface area contributed by atoms with Gasteiger partial charge in [-0.1, -0.05) is 54.6 Å². The number of hydrogen-bond acceptors (Lipinski definition) is 8. The molecular formula is C34H31N3O8S. The van der Waals surface area contributed by atoms with Crippen LogP contribution in [0.3, 0.4) is 0 Å². The van der Waals surface area contributed by atoms with Gasteiger partial charge in [0, 0.05) is 39.0 Å². The van der Waals surface area contributed by atoms with E-state index in [1.807, 2.05) is 78.9 Å². The Morgan fingerprint density at radius 3 is 1.98 bits per heavy atom. The Hall–Kier alpha value is -5.49. The summed E-state index contributed by atoms with van der Waals surface area (Å²) >= 11 is 1.27. The Kier molecular flexibility index (Phi) is 9.47.